The summed E-state index contributed by atoms with van der Waals surface area (Å²) in [5, 5.41) is -0.0974. The number of methoxy groups -OCH3 is 1. The predicted molar refractivity (Wildman–Crippen MR) is 82.5 cm³/mol. The number of hydrogen-bond acceptors (Lipinski definition) is 2. The molecule has 1 unspecified atom stereocenters. The Labute approximate surface area is 124 Å². The van der Waals surface area contributed by atoms with Crippen LogP contribution in [0, 0.1) is 5.41 Å². The first-order valence-electron chi connectivity index (χ1n) is 7.27. The molecule has 1 aliphatic carbocycles. The van der Waals surface area contributed by atoms with Crippen LogP contribution in [0.2, 0.25) is 0 Å². The molecule has 1 saturated carbocycles. The van der Waals surface area contributed by atoms with Crippen LogP contribution in [-0.2, 0) is 6.54 Å². The van der Waals surface area contributed by atoms with E-state index in [-0.39, 0.29) is 5.38 Å². The van der Waals surface area contributed by atoms with Gasteiger partial charge in [-0.1, -0.05) is 13.0 Å². The highest BCUT2D eigenvalue weighted by atomic mass is 35.5. The lowest BCUT2D eigenvalue weighted by Gasteiger charge is -2.17. The van der Waals surface area contributed by atoms with Gasteiger partial charge < -0.3 is 9.30 Å². The minimum atomic E-state index is -0.0974. The van der Waals surface area contributed by atoms with Crippen LogP contribution >= 0.6 is 11.6 Å². The highest BCUT2D eigenvalue weighted by Gasteiger charge is 2.41. The van der Waals surface area contributed by atoms with Crippen LogP contribution in [0.1, 0.15) is 44.3 Å². The molecule has 2 aromatic rings. The highest BCUT2D eigenvalue weighted by Crippen LogP contribution is 2.51. The first-order chi connectivity index (χ1) is 9.60. The molecule has 0 spiro atoms. The van der Waals surface area contributed by atoms with Crippen LogP contribution in [0.4, 0.5) is 0 Å². The molecule has 1 fully saturated rings. The van der Waals surface area contributed by atoms with Crippen LogP contribution < -0.4 is 4.74 Å². The molecule has 0 N–H and O–H groups in total. The highest BCUT2D eigenvalue weighted by molar-refractivity contribution is 6.20. The number of alkyl halides is 1. The maximum Gasteiger partial charge on any atom is 0.146 e. The molecule has 3 rings (SSSR count). The molecule has 1 aromatic heterocycles. The van der Waals surface area contributed by atoms with E-state index in [1.807, 2.05) is 19.1 Å². The molecule has 1 aliphatic rings. The fourth-order valence-corrected chi connectivity index (χ4v) is 3.08. The number of hydrogen-bond donors (Lipinski definition) is 0. The Morgan fingerprint density at radius 3 is 2.75 bits per heavy atom. The molecular weight excluding hydrogens is 272 g/mol. The summed E-state index contributed by atoms with van der Waals surface area (Å²) < 4.78 is 7.73. The van der Waals surface area contributed by atoms with Gasteiger partial charge in [0.05, 0.1) is 18.0 Å². The molecule has 0 radical (unpaired) electrons. The Hall–Kier alpha value is -1.22. The van der Waals surface area contributed by atoms with Crippen LogP contribution in [-0.4, -0.2) is 16.7 Å². The molecule has 20 heavy (non-hydrogen) atoms. The standard InChI is InChI=1S/C16H21ClN2O/c1-4-16(8-9-16)10-19-12-6-5-7-13(20-3)14(12)18-15(19)11(2)17/h5-7,11H,4,8-10H2,1-3H3. The minimum Gasteiger partial charge on any atom is -0.494 e. The molecule has 3 nitrogen and oxygen atoms in total. The zero-order valence-corrected chi connectivity index (χ0v) is 13.1. The average molecular weight is 293 g/mol. The smallest absolute Gasteiger partial charge is 0.146 e. The summed E-state index contributed by atoms with van der Waals surface area (Å²) in [6.45, 7) is 5.27. The molecule has 1 atom stereocenters. The summed E-state index contributed by atoms with van der Waals surface area (Å²) in [5.41, 5.74) is 2.51. The van der Waals surface area contributed by atoms with Gasteiger partial charge in [-0.15, -0.1) is 11.6 Å². The Morgan fingerprint density at radius 1 is 1.45 bits per heavy atom. The van der Waals surface area contributed by atoms with Gasteiger partial charge >= 0.3 is 0 Å². The van der Waals surface area contributed by atoms with E-state index in [0.29, 0.717) is 5.41 Å². The number of imidazole rings is 1. The average Bonchev–Trinajstić information content (AvgIpc) is 3.13. The zero-order chi connectivity index (χ0) is 14.3. The van der Waals surface area contributed by atoms with Gasteiger partial charge in [0, 0.05) is 6.54 Å². The molecule has 0 saturated heterocycles. The topological polar surface area (TPSA) is 27.1 Å². The van der Waals surface area contributed by atoms with E-state index in [2.05, 4.69) is 17.6 Å². The first-order valence-corrected chi connectivity index (χ1v) is 7.71. The number of ether oxygens (including phenoxy) is 1. The number of fused-ring (bicyclic) bond motifs is 1. The summed E-state index contributed by atoms with van der Waals surface area (Å²) in [4.78, 5) is 4.74. The maximum absolute atomic E-state index is 6.34. The number of halogens is 1. The molecule has 108 valence electrons. The van der Waals surface area contributed by atoms with Gasteiger partial charge in [0.1, 0.15) is 17.1 Å². The Kier molecular flexibility index (Phi) is 3.41. The van der Waals surface area contributed by atoms with Crippen molar-refractivity contribution in [2.24, 2.45) is 5.41 Å². The maximum atomic E-state index is 6.34. The number of benzene rings is 1. The lowest BCUT2D eigenvalue weighted by molar-refractivity contribution is 0.407. The van der Waals surface area contributed by atoms with Crippen molar-refractivity contribution in [1.82, 2.24) is 9.55 Å². The molecule has 0 aliphatic heterocycles. The van der Waals surface area contributed by atoms with Crippen LogP contribution in [0.25, 0.3) is 11.0 Å². The van der Waals surface area contributed by atoms with E-state index < -0.39 is 0 Å². The van der Waals surface area contributed by atoms with E-state index >= 15 is 0 Å². The summed E-state index contributed by atoms with van der Waals surface area (Å²) in [7, 11) is 1.69. The van der Waals surface area contributed by atoms with Crippen molar-refractivity contribution in [3.63, 3.8) is 0 Å². The third-order valence-electron chi connectivity index (χ3n) is 4.55. The number of aromatic nitrogens is 2. The SMILES string of the molecule is CCC1(Cn2c(C(C)Cl)nc3c(OC)cccc32)CC1. The molecule has 1 aromatic carbocycles. The van der Waals surface area contributed by atoms with E-state index in [9.17, 15) is 0 Å². The molecular formula is C16H21ClN2O. The second kappa shape index (κ2) is 4.96. The Balaban J connectivity index is 2.14. The van der Waals surface area contributed by atoms with Gasteiger partial charge in [-0.25, -0.2) is 4.98 Å². The van der Waals surface area contributed by atoms with Crippen molar-refractivity contribution in [3.8, 4) is 5.75 Å². The monoisotopic (exact) mass is 292 g/mol. The fraction of sp³-hybridized carbons (Fsp3) is 0.562. The van der Waals surface area contributed by atoms with Crippen molar-refractivity contribution in [2.45, 2.75) is 45.0 Å². The van der Waals surface area contributed by atoms with Crippen LogP contribution in [0.15, 0.2) is 18.2 Å². The molecule has 0 bridgehead atoms. The number of rotatable bonds is 5. The molecule has 4 heteroatoms. The van der Waals surface area contributed by atoms with E-state index in [1.165, 1.54) is 19.3 Å². The zero-order valence-electron chi connectivity index (χ0n) is 12.3. The lowest BCUT2D eigenvalue weighted by Crippen LogP contribution is -2.13. The van der Waals surface area contributed by atoms with Gasteiger partial charge in [0.25, 0.3) is 0 Å². The number of para-hydroxylation sites is 1. The van der Waals surface area contributed by atoms with Crippen molar-refractivity contribution in [2.75, 3.05) is 7.11 Å². The van der Waals surface area contributed by atoms with Gasteiger partial charge in [0.15, 0.2) is 0 Å². The Morgan fingerprint density at radius 2 is 2.20 bits per heavy atom. The van der Waals surface area contributed by atoms with Gasteiger partial charge in [-0.2, -0.15) is 0 Å². The number of nitrogens with zero attached hydrogens (tertiary/aromatic N) is 2. The first kappa shape index (κ1) is 13.7. The van der Waals surface area contributed by atoms with Crippen molar-refractivity contribution >= 4 is 22.6 Å². The molecule has 1 heterocycles. The Bertz CT molecular complexity index is 629. The minimum absolute atomic E-state index is 0.0974. The third-order valence-corrected chi connectivity index (χ3v) is 4.74. The second-order valence-corrected chi connectivity index (χ2v) is 6.51. The van der Waals surface area contributed by atoms with Gasteiger partial charge in [-0.3, -0.25) is 0 Å². The van der Waals surface area contributed by atoms with E-state index in [4.69, 9.17) is 21.3 Å². The van der Waals surface area contributed by atoms with Crippen LogP contribution in [0.3, 0.4) is 0 Å². The summed E-state index contributed by atoms with van der Waals surface area (Å²) in [6, 6.07) is 6.09. The van der Waals surface area contributed by atoms with Crippen LogP contribution in [0.5, 0.6) is 5.75 Å². The molecule has 0 amide bonds. The van der Waals surface area contributed by atoms with Gasteiger partial charge in [-0.05, 0) is 43.7 Å². The van der Waals surface area contributed by atoms with Crippen molar-refractivity contribution < 1.29 is 4.74 Å². The lowest BCUT2D eigenvalue weighted by atomic mass is 10.0. The second-order valence-electron chi connectivity index (χ2n) is 5.85. The van der Waals surface area contributed by atoms with Crippen molar-refractivity contribution in [3.05, 3.63) is 24.0 Å². The van der Waals surface area contributed by atoms with E-state index in [0.717, 1.165) is 29.2 Å². The summed E-state index contributed by atoms with van der Waals surface area (Å²) in [6.07, 6.45) is 3.83. The largest absolute Gasteiger partial charge is 0.494 e. The summed E-state index contributed by atoms with van der Waals surface area (Å²) in [5.74, 6) is 1.77. The van der Waals surface area contributed by atoms with Crippen molar-refractivity contribution in [1.29, 1.82) is 0 Å². The quantitative estimate of drug-likeness (QED) is 0.757. The normalized spacial score (nSPS) is 18.2. The van der Waals surface area contributed by atoms with Gasteiger partial charge in [0.2, 0.25) is 0 Å². The summed E-state index contributed by atoms with van der Waals surface area (Å²) >= 11 is 6.34. The fourth-order valence-electron chi connectivity index (χ4n) is 2.91. The third kappa shape index (κ3) is 2.18. The predicted octanol–water partition coefficient (Wildman–Crippen LogP) is 4.53. The van der Waals surface area contributed by atoms with E-state index in [1.54, 1.807) is 7.11 Å².